The second kappa shape index (κ2) is 6.20. The summed E-state index contributed by atoms with van der Waals surface area (Å²) in [5.41, 5.74) is 3.61. The Hall–Kier alpha value is -3.07. The van der Waals surface area contributed by atoms with Gasteiger partial charge in [0.2, 0.25) is 0 Å². The molecular formula is C21H17NO2. The lowest BCUT2D eigenvalue weighted by molar-refractivity contribution is -0.742. The molecule has 3 aromatic carbocycles. The van der Waals surface area contributed by atoms with Crippen LogP contribution in [-0.4, -0.2) is 10.6 Å². The van der Waals surface area contributed by atoms with Crippen molar-refractivity contribution in [1.82, 2.24) is 0 Å². The average Bonchev–Trinajstić information content (AvgIpc) is 3.01. The molecule has 3 heteroatoms. The predicted molar refractivity (Wildman–Crippen MR) is 93.6 cm³/mol. The summed E-state index contributed by atoms with van der Waals surface area (Å²) in [5, 5.41) is 12.6. The smallest absolute Gasteiger partial charge is 0.261 e. The zero-order valence-corrected chi connectivity index (χ0v) is 13.1. The van der Waals surface area contributed by atoms with Gasteiger partial charge in [-0.05, 0) is 23.3 Å². The molecule has 3 aromatic rings. The van der Waals surface area contributed by atoms with E-state index in [1.54, 1.807) is 0 Å². The van der Waals surface area contributed by atoms with Crippen molar-refractivity contribution in [2.45, 2.75) is 12.0 Å². The van der Waals surface area contributed by atoms with E-state index in [9.17, 15) is 5.21 Å². The van der Waals surface area contributed by atoms with Crippen LogP contribution < -0.4 is 0 Å². The third kappa shape index (κ3) is 2.54. The normalized spacial score (nSPS) is 20.0. The fourth-order valence-corrected chi connectivity index (χ4v) is 3.26. The van der Waals surface area contributed by atoms with Crippen molar-refractivity contribution in [2.24, 2.45) is 0 Å². The molecule has 0 fully saturated rings. The number of rotatable bonds is 3. The molecule has 0 saturated heterocycles. The maximum absolute atomic E-state index is 12.6. The van der Waals surface area contributed by atoms with E-state index in [1.165, 1.54) is 0 Å². The Balaban J connectivity index is 1.85. The quantitative estimate of drug-likeness (QED) is 0.669. The van der Waals surface area contributed by atoms with Crippen LogP contribution >= 0.6 is 0 Å². The number of benzene rings is 3. The molecule has 0 spiro atoms. The number of nitrogens with zero attached hydrogens (tertiary/aromatic N) is 1. The highest BCUT2D eigenvalue weighted by molar-refractivity contribution is 6.02. The fourth-order valence-electron chi connectivity index (χ4n) is 3.26. The molecule has 0 unspecified atom stereocenters. The standard InChI is InChI=1S/C21H17NO2/c23-22-20(17-12-6-2-7-13-17)19(16-10-4-1-5-11-16)21(24-22)18-14-8-3-9-15-18/h1-15,19,21H/t19-,21+/m1/s1. The van der Waals surface area contributed by atoms with Gasteiger partial charge in [-0.15, -0.1) is 0 Å². The molecule has 2 atom stereocenters. The highest BCUT2D eigenvalue weighted by Gasteiger charge is 2.42. The summed E-state index contributed by atoms with van der Waals surface area (Å²) in [5.74, 6) is -0.145. The summed E-state index contributed by atoms with van der Waals surface area (Å²) in [4.78, 5) is 6.41. The monoisotopic (exact) mass is 315 g/mol. The van der Waals surface area contributed by atoms with Crippen LogP contribution in [0.4, 0.5) is 0 Å². The molecule has 24 heavy (non-hydrogen) atoms. The Morgan fingerprint density at radius 1 is 0.667 bits per heavy atom. The minimum absolute atomic E-state index is 0.145. The van der Waals surface area contributed by atoms with E-state index in [0.29, 0.717) is 10.6 Å². The Kier molecular flexibility index (Phi) is 3.75. The van der Waals surface area contributed by atoms with Crippen molar-refractivity contribution in [3.8, 4) is 0 Å². The van der Waals surface area contributed by atoms with Gasteiger partial charge in [0.15, 0.2) is 0 Å². The lowest BCUT2D eigenvalue weighted by atomic mass is 9.83. The molecule has 0 aromatic heterocycles. The van der Waals surface area contributed by atoms with Gasteiger partial charge in [0, 0.05) is 10.5 Å². The highest BCUT2D eigenvalue weighted by atomic mass is 16.9. The van der Waals surface area contributed by atoms with Gasteiger partial charge in [-0.1, -0.05) is 78.9 Å². The largest absolute Gasteiger partial charge is 0.394 e. The van der Waals surface area contributed by atoms with Crippen molar-refractivity contribution >= 4 is 5.71 Å². The number of hydrogen-bond donors (Lipinski definition) is 0. The lowest BCUT2D eigenvalue weighted by Crippen LogP contribution is -2.17. The summed E-state index contributed by atoms with van der Waals surface area (Å²) in [6.07, 6.45) is -0.332. The molecule has 4 rings (SSSR count). The van der Waals surface area contributed by atoms with E-state index in [4.69, 9.17) is 4.84 Å². The van der Waals surface area contributed by atoms with E-state index in [-0.39, 0.29) is 12.0 Å². The zero-order chi connectivity index (χ0) is 16.4. The molecule has 3 nitrogen and oxygen atoms in total. The summed E-state index contributed by atoms with van der Waals surface area (Å²) in [6.45, 7) is 0. The van der Waals surface area contributed by atoms with Gasteiger partial charge < -0.3 is 4.84 Å². The molecule has 0 N–H and O–H groups in total. The van der Waals surface area contributed by atoms with Crippen LogP contribution in [0.5, 0.6) is 0 Å². The Labute approximate surface area is 141 Å². The molecule has 1 aliphatic rings. The van der Waals surface area contributed by atoms with E-state index in [0.717, 1.165) is 16.7 Å². The minimum atomic E-state index is -0.332. The Morgan fingerprint density at radius 2 is 1.17 bits per heavy atom. The Bertz CT molecular complexity index is 845. The minimum Gasteiger partial charge on any atom is -0.394 e. The molecule has 0 saturated carbocycles. The molecule has 0 radical (unpaired) electrons. The molecular weight excluding hydrogens is 298 g/mol. The first kappa shape index (κ1) is 14.5. The van der Waals surface area contributed by atoms with E-state index in [2.05, 4.69) is 0 Å². The van der Waals surface area contributed by atoms with Crippen LogP contribution in [0.2, 0.25) is 0 Å². The summed E-state index contributed by atoms with van der Waals surface area (Å²) >= 11 is 0. The van der Waals surface area contributed by atoms with Crippen LogP contribution in [0.15, 0.2) is 91.0 Å². The van der Waals surface area contributed by atoms with Crippen LogP contribution in [-0.2, 0) is 4.84 Å². The van der Waals surface area contributed by atoms with E-state index in [1.807, 2.05) is 91.0 Å². The molecule has 0 bridgehead atoms. The van der Waals surface area contributed by atoms with E-state index < -0.39 is 0 Å². The van der Waals surface area contributed by atoms with Crippen LogP contribution in [0, 0.1) is 5.21 Å². The third-order valence-electron chi connectivity index (χ3n) is 4.36. The van der Waals surface area contributed by atoms with Crippen molar-refractivity contribution in [1.29, 1.82) is 0 Å². The fraction of sp³-hybridized carbons (Fsp3) is 0.0952. The second-order valence-electron chi connectivity index (χ2n) is 5.83. The van der Waals surface area contributed by atoms with Crippen LogP contribution in [0.3, 0.4) is 0 Å². The Morgan fingerprint density at radius 3 is 1.75 bits per heavy atom. The van der Waals surface area contributed by atoms with Gasteiger partial charge in [0.25, 0.3) is 5.71 Å². The van der Waals surface area contributed by atoms with Gasteiger partial charge >= 0.3 is 0 Å². The molecule has 0 aliphatic carbocycles. The van der Waals surface area contributed by atoms with Crippen molar-refractivity contribution in [2.75, 3.05) is 0 Å². The summed E-state index contributed by atoms with van der Waals surface area (Å²) in [6, 6.07) is 29.7. The first-order chi connectivity index (χ1) is 11.8. The van der Waals surface area contributed by atoms with Crippen molar-refractivity contribution < 1.29 is 9.74 Å². The third-order valence-corrected chi connectivity index (χ3v) is 4.36. The first-order valence-electron chi connectivity index (χ1n) is 8.01. The zero-order valence-electron chi connectivity index (χ0n) is 13.1. The molecule has 118 valence electrons. The highest BCUT2D eigenvalue weighted by Crippen LogP contribution is 2.41. The van der Waals surface area contributed by atoms with Crippen LogP contribution in [0.25, 0.3) is 0 Å². The summed E-state index contributed by atoms with van der Waals surface area (Å²) in [7, 11) is 0. The van der Waals surface area contributed by atoms with Crippen LogP contribution in [0.1, 0.15) is 28.7 Å². The number of hydrogen-bond acceptors (Lipinski definition) is 2. The maximum atomic E-state index is 12.6. The topological polar surface area (TPSA) is 35.3 Å². The van der Waals surface area contributed by atoms with E-state index >= 15 is 0 Å². The molecule has 1 aliphatic heterocycles. The summed E-state index contributed by atoms with van der Waals surface area (Å²) < 4.78 is 0. The average molecular weight is 315 g/mol. The van der Waals surface area contributed by atoms with Crippen molar-refractivity contribution in [3.05, 3.63) is 113 Å². The molecule has 1 heterocycles. The predicted octanol–water partition coefficient (Wildman–Crippen LogP) is 4.46. The van der Waals surface area contributed by atoms with Gasteiger partial charge in [-0.3, -0.25) is 5.21 Å². The van der Waals surface area contributed by atoms with Gasteiger partial charge in [0.05, 0.1) is 5.92 Å². The lowest BCUT2D eigenvalue weighted by Gasteiger charge is -2.20. The van der Waals surface area contributed by atoms with Crippen molar-refractivity contribution in [3.63, 3.8) is 0 Å². The van der Waals surface area contributed by atoms with Gasteiger partial charge in [0.1, 0.15) is 6.10 Å². The maximum Gasteiger partial charge on any atom is 0.261 e. The SMILES string of the molecule is [O-][N+]1=C(c2ccccc2)[C@@H](c2ccccc2)[C@H](c2ccccc2)O1. The molecule has 0 amide bonds. The first-order valence-corrected chi connectivity index (χ1v) is 8.01. The second-order valence-corrected chi connectivity index (χ2v) is 5.83. The van der Waals surface area contributed by atoms with Gasteiger partial charge in [-0.2, -0.15) is 0 Å². The van der Waals surface area contributed by atoms with Gasteiger partial charge in [-0.25, -0.2) is 0 Å².